The minimum Gasteiger partial charge on any atom is -0.391 e. The first kappa shape index (κ1) is 18.5. The second kappa shape index (κ2) is 7.40. The van der Waals surface area contributed by atoms with Gasteiger partial charge in [-0.25, -0.2) is 4.98 Å². The van der Waals surface area contributed by atoms with Crippen molar-refractivity contribution in [2.75, 3.05) is 46.3 Å². The monoisotopic (exact) mass is 403 g/mol. The number of likely N-dealkylation sites (N-methyl/N-ethyl adjacent to an activating group) is 1. The topological polar surface area (TPSA) is 64.3 Å². The van der Waals surface area contributed by atoms with Crippen molar-refractivity contribution in [1.82, 2.24) is 24.1 Å². The minimum atomic E-state index is -0.264. The fraction of sp³-hybridized carbons (Fsp3) is 0.700. The Morgan fingerprint density at radius 2 is 1.96 bits per heavy atom. The SMILES string of the molecule is CN1CCN([C@@H]2C[C@@H]3CN(C(=O)Cc4cn5ccsc5n4)C[C@@H]3C[C@H]2O)CC1. The summed E-state index contributed by atoms with van der Waals surface area (Å²) in [6, 6.07) is 0.255. The second-order valence-electron chi connectivity index (χ2n) is 8.77. The van der Waals surface area contributed by atoms with Crippen molar-refractivity contribution < 1.29 is 9.90 Å². The lowest BCUT2D eigenvalue weighted by Gasteiger charge is -2.44. The maximum Gasteiger partial charge on any atom is 0.228 e. The highest BCUT2D eigenvalue weighted by Gasteiger charge is 2.44. The van der Waals surface area contributed by atoms with Crippen LogP contribution in [-0.2, 0) is 11.2 Å². The molecule has 5 rings (SSSR count). The van der Waals surface area contributed by atoms with Crippen LogP contribution in [0.15, 0.2) is 17.8 Å². The molecule has 4 atom stereocenters. The van der Waals surface area contributed by atoms with Crippen LogP contribution in [0.1, 0.15) is 18.5 Å². The molecule has 2 aromatic rings. The molecular weight excluding hydrogens is 374 g/mol. The molecule has 3 aliphatic rings. The first-order valence-electron chi connectivity index (χ1n) is 10.4. The Morgan fingerprint density at radius 3 is 2.71 bits per heavy atom. The molecule has 28 heavy (non-hydrogen) atoms. The van der Waals surface area contributed by atoms with E-state index in [1.807, 2.05) is 27.1 Å². The molecule has 1 amide bonds. The summed E-state index contributed by atoms with van der Waals surface area (Å²) in [5.74, 6) is 1.13. The maximum atomic E-state index is 12.9. The quantitative estimate of drug-likeness (QED) is 0.821. The van der Waals surface area contributed by atoms with E-state index in [4.69, 9.17) is 0 Å². The standard InChI is InChI=1S/C20H29N5O2S/c1-22-2-4-23(5-3-22)17-8-14-11-25(12-15(14)9-18(17)26)19(27)10-16-13-24-6-7-28-20(24)21-16/h6-7,13-15,17-18,26H,2-5,8-12H2,1H3/t14-,15+,17-,18-/m1/s1. The molecule has 3 fully saturated rings. The smallest absolute Gasteiger partial charge is 0.228 e. The molecule has 0 unspecified atom stereocenters. The number of likely N-dealkylation sites (tertiary alicyclic amines) is 1. The number of rotatable bonds is 3. The summed E-state index contributed by atoms with van der Waals surface area (Å²) in [4.78, 5) is 25.2. The zero-order valence-electron chi connectivity index (χ0n) is 16.4. The summed E-state index contributed by atoms with van der Waals surface area (Å²) in [5, 5.41) is 12.8. The summed E-state index contributed by atoms with van der Waals surface area (Å²) in [6.07, 6.45) is 5.88. The number of nitrogens with zero attached hydrogens (tertiary/aromatic N) is 5. The van der Waals surface area contributed by atoms with Crippen LogP contribution in [0.3, 0.4) is 0 Å². The molecule has 8 heteroatoms. The summed E-state index contributed by atoms with van der Waals surface area (Å²) < 4.78 is 1.98. The van der Waals surface area contributed by atoms with Crippen molar-refractivity contribution in [2.45, 2.75) is 31.4 Å². The number of amides is 1. The van der Waals surface area contributed by atoms with Gasteiger partial charge in [0.1, 0.15) is 0 Å². The van der Waals surface area contributed by atoms with E-state index in [2.05, 4.69) is 21.8 Å². The molecule has 152 valence electrons. The van der Waals surface area contributed by atoms with Gasteiger partial charge in [-0.15, -0.1) is 11.3 Å². The van der Waals surface area contributed by atoms with Crippen molar-refractivity contribution >= 4 is 22.2 Å². The molecule has 0 aromatic carbocycles. The van der Waals surface area contributed by atoms with Gasteiger partial charge in [-0.05, 0) is 31.7 Å². The molecule has 1 saturated carbocycles. The Kier molecular flexibility index (Phi) is 4.90. The summed E-state index contributed by atoms with van der Waals surface area (Å²) in [7, 11) is 2.16. The van der Waals surface area contributed by atoms with Crippen LogP contribution >= 0.6 is 11.3 Å². The van der Waals surface area contributed by atoms with E-state index in [-0.39, 0.29) is 18.1 Å². The highest BCUT2D eigenvalue weighted by Crippen LogP contribution is 2.38. The third-order valence-corrected chi connectivity index (χ3v) is 7.71. The number of fused-ring (bicyclic) bond motifs is 2. The van der Waals surface area contributed by atoms with Gasteiger partial charge in [-0.1, -0.05) is 0 Å². The molecule has 4 heterocycles. The highest BCUT2D eigenvalue weighted by molar-refractivity contribution is 7.15. The number of piperazine rings is 1. The van der Waals surface area contributed by atoms with Gasteiger partial charge >= 0.3 is 0 Å². The van der Waals surface area contributed by atoms with Gasteiger partial charge in [-0.2, -0.15) is 0 Å². The van der Waals surface area contributed by atoms with Crippen LogP contribution in [0.5, 0.6) is 0 Å². The van der Waals surface area contributed by atoms with Crippen LogP contribution in [-0.4, -0.2) is 93.6 Å². The summed E-state index contributed by atoms with van der Waals surface area (Å²) >= 11 is 1.59. The molecule has 2 saturated heterocycles. The molecule has 0 spiro atoms. The average molecular weight is 404 g/mol. The summed E-state index contributed by atoms with van der Waals surface area (Å²) in [6.45, 7) is 5.85. The zero-order valence-corrected chi connectivity index (χ0v) is 17.2. The van der Waals surface area contributed by atoms with Crippen molar-refractivity contribution in [2.24, 2.45) is 11.8 Å². The number of carbonyl (C=O) groups is 1. The fourth-order valence-corrected chi connectivity index (χ4v) is 6.00. The van der Waals surface area contributed by atoms with E-state index in [0.717, 1.165) is 62.8 Å². The van der Waals surface area contributed by atoms with E-state index < -0.39 is 0 Å². The van der Waals surface area contributed by atoms with Crippen LogP contribution in [0, 0.1) is 11.8 Å². The maximum absolute atomic E-state index is 12.9. The van der Waals surface area contributed by atoms with Crippen LogP contribution in [0.2, 0.25) is 0 Å². The Balaban J connectivity index is 1.21. The molecule has 2 aliphatic heterocycles. The lowest BCUT2D eigenvalue weighted by Crippen LogP contribution is -2.55. The van der Waals surface area contributed by atoms with E-state index in [1.165, 1.54) is 0 Å². The average Bonchev–Trinajstić information content (AvgIpc) is 3.36. The van der Waals surface area contributed by atoms with Gasteiger partial charge < -0.3 is 14.9 Å². The van der Waals surface area contributed by atoms with E-state index in [9.17, 15) is 9.90 Å². The van der Waals surface area contributed by atoms with E-state index in [0.29, 0.717) is 18.3 Å². The predicted molar refractivity (Wildman–Crippen MR) is 108 cm³/mol. The van der Waals surface area contributed by atoms with Crippen LogP contribution in [0.4, 0.5) is 0 Å². The van der Waals surface area contributed by atoms with Crippen molar-refractivity contribution in [3.05, 3.63) is 23.5 Å². The zero-order chi connectivity index (χ0) is 19.3. The fourth-order valence-electron chi connectivity index (χ4n) is 5.28. The Morgan fingerprint density at radius 1 is 1.21 bits per heavy atom. The number of aliphatic hydroxyl groups is 1. The molecule has 0 bridgehead atoms. The van der Waals surface area contributed by atoms with Gasteiger partial charge in [0.25, 0.3) is 0 Å². The second-order valence-corrected chi connectivity index (χ2v) is 9.64. The van der Waals surface area contributed by atoms with Gasteiger partial charge in [0.15, 0.2) is 4.96 Å². The number of carbonyl (C=O) groups excluding carboxylic acids is 1. The number of hydrogen-bond donors (Lipinski definition) is 1. The predicted octanol–water partition coefficient (Wildman–Crippen LogP) is 0.784. The molecule has 1 N–H and O–H groups in total. The normalized spacial score (nSPS) is 32.1. The number of thiazole rings is 1. The molecule has 1 aliphatic carbocycles. The first-order valence-corrected chi connectivity index (χ1v) is 11.2. The lowest BCUT2D eigenvalue weighted by molar-refractivity contribution is -0.129. The third kappa shape index (κ3) is 3.47. The van der Waals surface area contributed by atoms with E-state index >= 15 is 0 Å². The molecule has 7 nitrogen and oxygen atoms in total. The largest absolute Gasteiger partial charge is 0.391 e. The van der Waals surface area contributed by atoms with Crippen LogP contribution < -0.4 is 0 Å². The van der Waals surface area contributed by atoms with E-state index in [1.54, 1.807) is 11.3 Å². The Labute approximate surface area is 169 Å². The van der Waals surface area contributed by atoms with Crippen molar-refractivity contribution in [3.8, 4) is 0 Å². The van der Waals surface area contributed by atoms with Gasteiger partial charge in [-0.3, -0.25) is 14.1 Å². The minimum absolute atomic E-state index is 0.172. The van der Waals surface area contributed by atoms with Crippen molar-refractivity contribution in [3.63, 3.8) is 0 Å². The number of aromatic nitrogens is 2. The molecule has 0 radical (unpaired) electrons. The summed E-state index contributed by atoms with van der Waals surface area (Å²) in [5.41, 5.74) is 0.849. The third-order valence-electron chi connectivity index (χ3n) is 6.94. The van der Waals surface area contributed by atoms with Gasteiger partial charge in [0.2, 0.25) is 5.91 Å². The number of imidazole rings is 1. The number of hydrogen-bond acceptors (Lipinski definition) is 6. The van der Waals surface area contributed by atoms with Gasteiger partial charge in [0, 0.05) is 63.1 Å². The van der Waals surface area contributed by atoms with Gasteiger partial charge in [0.05, 0.1) is 18.2 Å². The first-order chi connectivity index (χ1) is 13.6. The molecular formula is C20H29N5O2S. The molecule has 2 aromatic heterocycles. The van der Waals surface area contributed by atoms with Crippen LogP contribution in [0.25, 0.3) is 4.96 Å². The lowest BCUT2D eigenvalue weighted by atomic mass is 9.77. The highest BCUT2D eigenvalue weighted by atomic mass is 32.1. The number of aliphatic hydroxyl groups excluding tert-OH is 1. The Bertz CT molecular complexity index is 814. The Hall–Kier alpha value is -1.48. The van der Waals surface area contributed by atoms with Crippen molar-refractivity contribution in [1.29, 1.82) is 0 Å².